The minimum Gasteiger partial charge on any atom is -0.458 e. The average Bonchev–Trinajstić information content (AvgIpc) is 3.33. The van der Waals surface area contributed by atoms with E-state index in [4.69, 9.17) is 28.4 Å². The molecule has 2 aliphatic rings. The van der Waals surface area contributed by atoms with E-state index in [9.17, 15) is 34.9 Å². The first-order chi connectivity index (χ1) is 26.9. The lowest BCUT2D eigenvalue weighted by molar-refractivity contribution is -0.380. The maximum absolute atomic E-state index is 14.8. The maximum Gasteiger partial charge on any atom is 0.347 e. The highest BCUT2D eigenvalue weighted by Crippen LogP contribution is 2.57. The quantitative estimate of drug-likeness (QED) is 0.0304. The molecule has 2 heterocycles. The van der Waals surface area contributed by atoms with Gasteiger partial charge in [0, 0.05) is 30.3 Å². The lowest BCUT2D eigenvalue weighted by Gasteiger charge is -2.52. The highest BCUT2D eigenvalue weighted by atomic mass is 16.8. The van der Waals surface area contributed by atoms with Crippen LogP contribution in [0.2, 0.25) is 0 Å². The third-order valence-electron chi connectivity index (χ3n) is 10.3. The van der Waals surface area contributed by atoms with Gasteiger partial charge in [-0.05, 0) is 89.3 Å². The summed E-state index contributed by atoms with van der Waals surface area (Å²) >= 11 is 0. The van der Waals surface area contributed by atoms with Crippen LogP contribution >= 0.6 is 0 Å². The van der Waals surface area contributed by atoms with Crippen LogP contribution in [0.15, 0.2) is 59.8 Å². The number of esters is 4. The van der Waals surface area contributed by atoms with Crippen molar-refractivity contribution in [1.82, 2.24) is 0 Å². The first kappa shape index (κ1) is 48.1. The monoisotopic (exact) mass is 813 g/mol. The Morgan fingerprint density at radius 2 is 1.64 bits per heavy atom. The third-order valence-corrected chi connectivity index (χ3v) is 10.3. The van der Waals surface area contributed by atoms with Crippen LogP contribution in [0.5, 0.6) is 0 Å². The van der Waals surface area contributed by atoms with Gasteiger partial charge in [0.25, 0.3) is 0 Å². The number of allylic oxidation sites excluding steroid dienone is 1. The predicted octanol–water partition coefficient (Wildman–Crippen LogP) is 6.62. The van der Waals surface area contributed by atoms with Crippen molar-refractivity contribution in [1.29, 1.82) is 0 Å². The Kier molecular flexibility index (Phi) is 15.9. The molecule has 0 saturated carbocycles. The van der Waals surface area contributed by atoms with E-state index in [2.05, 4.69) is 30.5 Å². The second kappa shape index (κ2) is 19.2. The maximum atomic E-state index is 14.8. The van der Waals surface area contributed by atoms with Crippen LogP contribution in [-0.2, 0) is 54.0 Å². The van der Waals surface area contributed by atoms with Gasteiger partial charge in [-0.3, -0.25) is 4.79 Å². The molecule has 0 spiro atoms. The number of aliphatic hydroxyl groups is 2. The number of hydrogen-bond acceptors (Lipinski definition) is 13. The topological polar surface area (TPSA) is 213 Å². The molecule has 322 valence electrons. The molecule has 15 heteroatoms. The summed E-state index contributed by atoms with van der Waals surface area (Å²) in [5.74, 6) is -6.75. The summed E-state index contributed by atoms with van der Waals surface area (Å²) in [6.07, 6.45) is -2.47. The van der Waals surface area contributed by atoms with Crippen molar-refractivity contribution in [3.63, 3.8) is 0 Å². The highest BCUT2D eigenvalue weighted by Gasteiger charge is 2.85. The Bertz CT molecular complexity index is 1710. The number of ether oxygens (including phenoxy) is 6. The molecule has 2 aliphatic heterocycles. The molecule has 0 radical (unpaired) electrons. The summed E-state index contributed by atoms with van der Waals surface area (Å²) in [7, 11) is 0. The van der Waals surface area contributed by atoms with E-state index in [-0.39, 0.29) is 24.7 Å². The van der Waals surface area contributed by atoms with Gasteiger partial charge in [-0.15, -0.1) is 0 Å². The van der Waals surface area contributed by atoms with Crippen molar-refractivity contribution in [2.24, 2.45) is 22.9 Å². The van der Waals surface area contributed by atoms with E-state index in [1.807, 2.05) is 44.2 Å². The Balaban J connectivity index is 2.23. The minimum atomic E-state index is -3.25. The van der Waals surface area contributed by atoms with Gasteiger partial charge in [0.15, 0.2) is 6.10 Å². The van der Waals surface area contributed by atoms with Gasteiger partial charge in [-0.1, -0.05) is 82.2 Å². The van der Waals surface area contributed by atoms with Crippen molar-refractivity contribution in [2.45, 2.75) is 161 Å². The second-order valence-electron chi connectivity index (χ2n) is 17.7. The van der Waals surface area contributed by atoms with Crippen LogP contribution < -0.4 is 0 Å². The zero-order valence-corrected chi connectivity index (χ0v) is 35.9. The van der Waals surface area contributed by atoms with Crippen molar-refractivity contribution >= 4 is 23.9 Å². The Morgan fingerprint density at radius 1 is 1.03 bits per heavy atom. The van der Waals surface area contributed by atoms with Crippen LogP contribution in [-0.4, -0.2) is 93.2 Å². The number of aliphatic hydroxyl groups excluding tert-OH is 1. The lowest BCUT2D eigenvalue weighted by atomic mass is 9.74. The summed E-state index contributed by atoms with van der Waals surface area (Å²) in [4.78, 5) is 58.0. The molecule has 1 aromatic carbocycles. The molecule has 0 amide bonds. The van der Waals surface area contributed by atoms with Crippen molar-refractivity contribution < 1.29 is 57.8 Å². The average molecular weight is 814 g/mol. The van der Waals surface area contributed by atoms with Gasteiger partial charge < -0.3 is 38.6 Å². The van der Waals surface area contributed by atoms with Gasteiger partial charge in [0.05, 0.1) is 6.54 Å². The fourth-order valence-electron chi connectivity index (χ4n) is 7.43. The van der Waals surface area contributed by atoms with Crippen LogP contribution in [0, 0.1) is 17.8 Å². The molecule has 2 saturated heterocycles. The number of fused-ring (bicyclic) bond motifs is 2. The highest BCUT2D eigenvalue weighted by molar-refractivity contribution is 5.96. The first-order valence-corrected chi connectivity index (χ1v) is 19.9. The van der Waals surface area contributed by atoms with Crippen LogP contribution in [0.25, 0.3) is 10.4 Å². The fourth-order valence-corrected chi connectivity index (χ4v) is 7.43. The van der Waals surface area contributed by atoms with Crippen molar-refractivity contribution in [3.05, 3.63) is 70.6 Å². The van der Waals surface area contributed by atoms with Crippen LogP contribution in [0.1, 0.15) is 107 Å². The van der Waals surface area contributed by atoms with Gasteiger partial charge in [0.1, 0.15) is 29.5 Å². The van der Waals surface area contributed by atoms with Gasteiger partial charge >= 0.3 is 23.9 Å². The molecule has 2 bridgehead atoms. The molecular formula is C43H63N3O12. The lowest BCUT2D eigenvalue weighted by Crippen LogP contribution is -2.78. The number of nitrogens with zero attached hydrogens (tertiary/aromatic N) is 3. The summed E-state index contributed by atoms with van der Waals surface area (Å²) in [6.45, 7) is 21.8. The molecule has 10 atom stereocenters. The smallest absolute Gasteiger partial charge is 0.347 e. The molecule has 0 aromatic heterocycles. The van der Waals surface area contributed by atoms with Gasteiger partial charge in [0.2, 0.25) is 17.0 Å². The summed E-state index contributed by atoms with van der Waals surface area (Å²) in [5, 5.41) is 28.8. The zero-order valence-electron chi connectivity index (χ0n) is 35.9. The molecule has 1 aromatic rings. The number of benzene rings is 1. The van der Waals surface area contributed by atoms with Crippen molar-refractivity contribution in [3.8, 4) is 0 Å². The molecular weight excluding hydrogens is 750 g/mol. The van der Waals surface area contributed by atoms with E-state index in [1.54, 1.807) is 6.08 Å². The minimum absolute atomic E-state index is 0.0617. The molecule has 58 heavy (non-hydrogen) atoms. The Labute approximate surface area is 342 Å². The number of rotatable bonds is 18. The number of carbonyl (C=O) groups excluding carboxylic acids is 4. The summed E-state index contributed by atoms with van der Waals surface area (Å²) < 4.78 is 35.8. The number of azide groups is 1. The van der Waals surface area contributed by atoms with Gasteiger partial charge in [-0.25, -0.2) is 14.4 Å². The van der Waals surface area contributed by atoms with E-state index >= 15 is 0 Å². The summed E-state index contributed by atoms with van der Waals surface area (Å²) in [5.41, 5.74) is 1.91. The van der Waals surface area contributed by atoms with Crippen LogP contribution in [0.4, 0.5) is 0 Å². The largest absolute Gasteiger partial charge is 0.458 e. The Hall–Kier alpha value is -4.27. The van der Waals surface area contributed by atoms with Crippen LogP contribution in [0.3, 0.4) is 0 Å². The molecule has 0 aliphatic carbocycles. The molecule has 3 rings (SSSR count). The van der Waals surface area contributed by atoms with E-state index < -0.39 is 83.0 Å². The van der Waals surface area contributed by atoms with E-state index in [0.717, 1.165) is 24.5 Å². The Morgan fingerprint density at radius 3 is 2.19 bits per heavy atom. The second-order valence-corrected chi connectivity index (χ2v) is 17.7. The predicted molar refractivity (Wildman–Crippen MR) is 214 cm³/mol. The standard InChI is InChI=1S/C43H63N3O12/c1-13-26(2)23-27(3)19-20-33(48)54-36-35(49)41(22-21-28(4)34(53-30(6)47)29(5)24-31-17-15-14-16-18-31)55-32(25-45-46-44)42(52,37(50)56-39(7,8)9)43(36,58-41)38(51)57-40(10,11)12/h14-20,26-27,29,32,34-36,49,52H,4,13,21-25H2,1-3,5-12H3/b20-19+/t26-,27+,29+,32+,34+,35+,36+,41-,42+,43-/m0/s1. The third kappa shape index (κ3) is 11.3. The van der Waals surface area contributed by atoms with E-state index in [1.165, 1.54) is 48.5 Å². The van der Waals surface area contributed by atoms with E-state index in [0.29, 0.717) is 17.9 Å². The molecule has 0 unspecified atom stereocenters. The molecule has 15 nitrogen and oxygen atoms in total. The first-order valence-electron chi connectivity index (χ1n) is 19.9. The number of hydrogen-bond donors (Lipinski definition) is 2. The fraction of sp³-hybridized carbons (Fsp3) is 0.674. The zero-order chi connectivity index (χ0) is 43.9. The molecule has 2 fully saturated rings. The normalized spacial score (nSPS) is 27.7. The van der Waals surface area contributed by atoms with Gasteiger partial charge in [-0.2, -0.15) is 0 Å². The molecule has 2 N–H and O–H groups in total. The number of carbonyl (C=O) groups is 4. The SMILES string of the molecule is C=C(CC[C@]12O[C@H](CN=[N+]=[N-])[C@@](O)(C(=O)OC(C)(C)C)[C@](C(=O)OC(C)(C)C)(O1)[C@H](OC(=O)/C=C/[C@@H](C)C[C@@H](C)CC)[C@H]2O)[C@@H](OC(C)=O)[C@H](C)Cc1ccccc1. The van der Waals surface area contributed by atoms with Crippen molar-refractivity contribution in [2.75, 3.05) is 6.54 Å². The summed E-state index contributed by atoms with van der Waals surface area (Å²) in [6, 6.07) is 9.56.